The summed E-state index contributed by atoms with van der Waals surface area (Å²) in [6.07, 6.45) is 2.28. The van der Waals surface area contributed by atoms with Crippen LogP contribution in [0.2, 0.25) is 0 Å². The zero-order valence-electron chi connectivity index (χ0n) is 12.0. The molecule has 3 heterocycles. The van der Waals surface area contributed by atoms with E-state index in [9.17, 15) is 4.79 Å². The molecule has 0 unspecified atom stereocenters. The van der Waals surface area contributed by atoms with Crippen molar-refractivity contribution < 1.29 is 9.53 Å². The Balaban J connectivity index is 2.01. The number of hydrogen-bond acceptors (Lipinski definition) is 9. The highest BCUT2D eigenvalue weighted by atomic mass is 32.1. The van der Waals surface area contributed by atoms with Gasteiger partial charge in [-0.2, -0.15) is 0 Å². The minimum atomic E-state index is -0.377. The van der Waals surface area contributed by atoms with Crippen molar-refractivity contribution in [3.63, 3.8) is 0 Å². The number of fused-ring (bicyclic) bond motifs is 1. The van der Waals surface area contributed by atoms with Crippen molar-refractivity contribution in [3.8, 4) is 0 Å². The first-order valence-corrected chi connectivity index (χ1v) is 8.41. The van der Waals surface area contributed by atoms with Crippen LogP contribution in [0.25, 0.3) is 10.2 Å². The molecule has 0 aliphatic heterocycles. The summed E-state index contributed by atoms with van der Waals surface area (Å²) >= 11 is 2.83. The molecule has 7 nitrogen and oxygen atoms in total. The van der Waals surface area contributed by atoms with Crippen molar-refractivity contribution >= 4 is 49.8 Å². The predicted octanol–water partition coefficient (Wildman–Crippen LogP) is 3.03. The van der Waals surface area contributed by atoms with Gasteiger partial charge in [0, 0.05) is 5.38 Å². The van der Waals surface area contributed by atoms with Crippen molar-refractivity contribution in [2.75, 3.05) is 11.9 Å². The smallest absolute Gasteiger partial charge is 0.339 e. The van der Waals surface area contributed by atoms with Gasteiger partial charge in [-0.3, -0.25) is 0 Å². The molecule has 1 N–H and O–H groups in total. The second-order valence-corrected chi connectivity index (χ2v) is 6.17. The van der Waals surface area contributed by atoms with Gasteiger partial charge in [-0.15, -0.1) is 21.5 Å². The summed E-state index contributed by atoms with van der Waals surface area (Å²) in [5, 5.41) is 15.2. The zero-order valence-corrected chi connectivity index (χ0v) is 13.6. The van der Waals surface area contributed by atoms with Crippen molar-refractivity contribution in [1.82, 2.24) is 20.2 Å². The van der Waals surface area contributed by atoms with Crippen LogP contribution >= 0.6 is 22.7 Å². The van der Waals surface area contributed by atoms with Crippen molar-refractivity contribution in [1.29, 1.82) is 0 Å². The monoisotopic (exact) mass is 335 g/mol. The van der Waals surface area contributed by atoms with E-state index < -0.39 is 0 Å². The van der Waals surface area contributed by atoms with Gasteiger partial charge in [-0.1, -0.05) is 18.3 Å². The quantitative estimate of drug-likeness (QED) is 0.717. The molecule has 0 saturated heterocycles. The van der Waals surface area contributed by atoms with Gasteiger partial charge in [0.2, 0.25) is 5.13 Å². The minimum Gasteiger partial charge on any atom is -0.462 e. The van der Waals surface area contributed by atoms with E-state index >= 15 is 0 Å². The van der Waals surface area contributed by atoms with Gasteiger partial charge in [-0.25, -0.2) is 14.8 Å². The van der Waals surface area contributed by atoms with Crippen LogP contribution in [0.5, 0.6) is 0 Å². The van der Waals surface area contributed by atoms with Crippen LogP contribution in [0, 0.1) is 0 Å². The summed E-state index contributed by atoms with van der Waals surface area (Å²) in [6.45, 7) is 4.11. The highest BCUT2D eigenvalue weighted by Gasteiger charge is 2.19. The maximum Gasteiger partial charge on any atom is 0.339 e. The lowest BCUT2D eigenvalue weighted by Gasteiger charge is -2.05. The number of rotatable bonds is 5. The van der Waals surface area contributed by atoms with Crippen LogP contribution in [0.4, 0.5) is 10.9 Å². The van der Waals surface area contributed by atoms with E-state index in [0.717, 1.165) is 16.3 Å². The zero-order chi connectivity index (χ0) is 15.5. The van der Waals surface area contributed by atoms with E-state index in [0.29, 0.717) is 28.5 Å². The highest BCUT2D eigenvalue weighted by molar-refractivity contribution is 7.17. The Morgan fingerprint density at radius 1 is 1.32 bits per heavy atom. The number of aryl methyl sites for hydroxylation is 1. The number of anilines is 2. The number of ether oxygens (including phenoxy) is 1. The van der Waals surface area contributed by atoms with E-state index in [1.54, 1.807) is 12.3 Å². The Labute approximate surface area is 134 Å². The van der Waals surface area contributed by atoms with Crippen molar-refractivity contribution in [2.45, 2.75) is 20.3 Å². The molecule has 0 fully saturated rings. The molecule has 3 rings (SSSR count). The van der Waals surface area contributed by atoms with Crippen LogP contribution in [0.3, 0.4) is 0 Å². The number of carbonyl (C=O) groups excluding carboxylic acids is 1. The van der Waals surface area contributed by atoms with Crippen LogP contribution in [-0.4, -0.2) is 32.7 Å². The second-order valence-electron chi connectivity index (χ2n) is 4.25. The third kappa shape index (κ3) is 2.77. The molecule has 0 atom stereocenters. The fourth-order valence-corrected chi connectivity index (χ4v) is 3.43. The molecule has 0 aliphatic carbocycles. The van der Waals surface area contributed by atoms with E-state index in [-0.39, 0.29) is 5.97 Å². The number of nitrogens with one attached hydrogen (secondary N) is 1. The molecule has 3 aromatic heterocycles. The third-order valence-corrected chi connectivity index (χ3v) is 4.73. The normalized spacial score (nSPS) is 10.8. The number of aromatic nitrogens is 4. The first-order valence-electron chi connectivity index (χ1n) is 6.71. The summed E-state index contributed by atoms with van der Waals surface area (Å²) in [5.41, 5.74) is 0.463. The van der Waals surface area contributed by atoms with Gasteiger partial charge in [-0.05, 0) is 13.3 Å². The molecule has 0 saturated carbocycles. The average molecular weight is 335 g/mol. The fourth-order valence-electron chi connectivity index (χ4n) is 1.88. The van der Waals surface area contributed by atoms with E-state index in [1.807, 2.05) is 6.92 Å². The van der Waals surface area contributed by atoms with Crippen LogP contribution in [0.15, 0.2) is 11.7 Å². The molecule has 0 bridgehead atoms. The number of nitrogens with zero attached hydrogens (tertiary/aromatic N) is 4. The Morgan fingerprint density at radius 2 is 2.18 bits per heavy atom. The highest BCUT2D eigenvalue weighted by Crippen LogP contribution is 2.32. The largest absolute Gasteiger partial charge is 0.462 e. The van der Waals surface area contributed by atoms with Crippen LogP contribution in [0.1, 0.15) is 29.2 Å². The van der Waals surface area contributed by atoms with E-state index in [2.05, 4.69) is 25.5 Å². The summed E-state index contributed by atoms with van der Waals surface area (Å²) in [4.78, 5) is 21.2. The molecule has 0 aromatic carbocycles. The maximum absolute atomic E-state index is 12.1. The standard InChI is InChI=1S/C13H13N5O2S2/c1-3-8-17-18-13(22-8)16-10-9-7(12(19)20-4-2)5-21-11(9)15-6-14-10/h5-6H,3-4H2,1-2H3,(H,14,15,16,18). The van der Waals surface area contributed by atoms with Crippen molar-refractivity contribution in [3.05, 3.63) is 22.3 Å². The topological polar surface area (TPSA) is 89.9 Å². The van der Waals surface area contributed by atoms with Crippen LogP contribution < -0.4 is 5.32 Å². The number of carbonyl (C=O) groups is 1. The SMILES string of the molecule is CCOC(=O)c1csc2ncnc(Nc3nnc(CC)s3)c12. The Bertz CT molecular complexity index is 814. The Hall–Kier alpha value is -2.13. The van der Waals surface area contributed by atoms with Crippen molar-refractivity contribution in [2.24, 2.45) is 0 Å². The molecule has 22 heavy (non-hydrogen) atoms. The van der Waals surface area contributed by atoms with Gasteiger partial charge in [0.1, 0.15) is 22.0 Å². The van der Waals surface area contributed by atoms with Gasteiger partial charge >= 0.3 is 5.97 Å². The fraction of sp³-hybridized carbons (Fsp3) is 0.308. The van der Waals surface area contributed by atoms with Gasteiger partial charge in [0.25, 0.3) is 0 Å². The molecular formula is C13H13N5O2S2. The first kappa shape index (κ1) is 14.8. The average Bonchev–Trinajstić information content (AvgIpc) is 3.14. The lowest BCUT2D eigenvalue weighted by molar-refractivity contribution is 0.0529. The Morgan fingerprint density at radius 3 is 2.91 bits per heavy atom. The summed E-state index contributed by atoms with van der Waals surface area (Å²) < 4.78 is 5.08. The van der Waals surface area contributed by atoms with E-state index in [4.69, 9.17) is 4.74 Å². The number of hydrogen-bond donors (Lipinski definition) is 1. The molecule has 114 valence electrons. The molecule has 0 amide bonds. The summed E-state index contributed by atoms with van der Waals surface area (Å²) in [5.74, 6) is 0.159. The molecule has 0 aliphatic rings. The third-order valence-electron chi connectivity index (χ3n) is 2.86. The van der Waals surface area contributed by atoms with Crippen LogP contribution in [-0.2, 0) is 11.2 Å². The summed E-state index contributed by atoms with van der Waals surface area (Å²) in [7, 11) is 0. The predicted molar refractivity (Wildman–Crippen MR) is 85.9 cm³/mol. The van der Waals surface area contributed by atoms with E-state index in [1.165, 1.54) is 29.0 Å². The molecule has 0 radical (unpaired) electrons. The van der Waals surface area contributed by atoms with Gasteiger partial charge in [0.05, 0.1) is 17.6 Å². The van der Waals surface area contributed by atoms with Gasteiger partial charge < -0.3 is 10.1 Å². The molecule has 3 aromatic rings. The second kappa shape index (κ2) is 6.32. The lowest BCUT2D eigenvalue weighted by Crippen LogP contribution is -2.05. The molecule has 9 heteroatoms. The molecular weight excluding hydrogens is 322 g/mol. The van der Waals surface area contributed by atoms with Gasteiger partial charge in [0.15, 0.2) is 0 Å². The molecule has 0 spiro atoms. The number of esters is 1. The first-order chi connectivity index (χ1) is 10.7. The maximum atomic E-state index is 12.1. The summed E-state index contributed by atoms with van der Waals surface area (Å²) in [6, 6.07) is 0. The Kier molecular flexibility index (Phi) is 4.25. The lowest BCUT2D eigenvalue weighted by atomic mass is 10.2. The minimum absolute atomic E-state index is 0.322. The number of thiophene rings is 1.